The minimum absolute atomic E-state index is 0.0973. The van der Waals surface area contributed by atoms with Crippen molar-refractivity contribution in [3.63, 3.8) is 0 Å². The topological polar surface area (TPSA) is 75.4 Å². The van der Waals surface area contributed by atoms with Crippen molar-refractivity contribution >= 4 is 23.6 Å². The first-order valence-corrected chi connectivity index (χ1v) is 8.96. The number of nitrogens with one attached hydrogen (secondary N) is 1. The lowest BCUT2D eigenvalue weighted by molar-refractivity contribution is -0.129. The minimum Gasteiger partial charge on any atom is -0.444 e. The number of amides is 2. The molecule has 1 aliphatic rings. The van der Waals surface area contributed by atoms with E-state index in [9.17, 15) is 9.59 Å². The summed E-state index contributed by atoms with van der Waals surface area (Å²) in [5.74, 6) is 0.411. The maximum Gasteiger partial charge on any atom is 0.226 e. The first-order chi connectivity index (χ1) is 13.6. The number of aromatic nitrogens is 1. The molecule has 6 heteroatoms. The number of carbonyl (C=O) groups is 2. The fourth-order valence-corrected chi connectivity index (χ4v) is 3.38. The Balaban J connectivity index is 1.49. The molecular weight excluding hydrogens is 354 g/mol. The molecule has 1 aliphatic heterocycles. The van der Waals surface area contributed by atoms with Gasteiger partial charge >= 0.3 is 0 Å². The first kappa shape index (κ1) is 17.7. The summed E-state index contributed by atoms with van der Waals surface area (Å²) in [6.07, 6.45) is 6.83. The maximum atomic E-state index is 12.7. The third-order valence-corrected chi connectivity index (χ3v) is 4.73. The monoisotopic (exact) mass is 373 g/mol. The Labute approximate surface area is 162 Å². The van der Waals surface area contributed by atoms with Crippen LogP contribution >= 0.6 is 0 Å². The number of oxazole rings is 1. The molecule has 2 amide bonds. The number of anilines is 1. The SMILES string of the molecule is CC(=O)N1C=Cc2ccccc2C1CC(=O)Nc1ccc(-c2cnco2)cc1. The molecule has 1 aromatic heterocycles. The summed E-state index contributed by atoms with van der Waals surface area (Å²) in [7, 11) is 0. The number of hydrogen-bond donors (Lipinski definition) is 1. The lowest BCUT2D eigenvalue weighted by Crippen LogP contribution is -2.33. The molecule has 0 saturated heterocycles. The fraction of sp³-hybridized carbons (Fsp3) is 0.136. The molecule has 0 saturated carbocycles. The largest absolute Gasteiger partial charge is 0.444 e. The molecule has 1 atom stereocenters. The Hall–Kier alpha value is -3.67. The van der Waals surface area contributed by atoms with Gasteiger partial charge in [-0.25, -0.2) is 4.98 Å². The molecule has 3 aromatic rings. The number of carbonyl (C=O) groups excluding carboxylic acids is 2. The summed E-state index contributed by atoms with van der Waals surface area (Å²) < 4.78 is 5.27. The third-order valence-electron chi connectivity index (χ3n) is 4.73. The van der Waals surface area contributed by atoms with Crippen LogP contribution in [0, 0.1) is 0 Å². The summed E-state index contributed by atoms with van der Waals surface area (Å²) in [6.45, 7) is 1.51. The molecule has 4 rings (SSSR count). The van der Waals surface area contributed by atoms with Crippen LogP contribution in [0.1, 0.15) is 30.5 Å². The van der Waals surface area contributed by atoms with Crippen molar-refractivity contribution in [2.75, 3.05) is 5.32 Å². The molecule has 28 heavy (non-hydrogen) atoms. The van der Waals surface area contributed by atoms with Gasteiger partial charge in [0, 0.05) is 24.4 Å². The number of hydrogen-bond acceptors (Lipinski definition) is 4. The van der Waals surface area contributed by atoms with Gasteiger partial charge in [0.15, 0.2) is 12.2 Å². The van der Waals surface area contributed by atoms with Crippen LogP contribution in [0.3, 0.4) is 0 Å². The van der Waals surface area contributed by atoms with Crippen LogP contribution in [0.25, 0.3) is 17.4 Å². The van der Waals surface area contributed by atoms with Crippen LogP contribution in [0.4, 0.5) is 5.69 Å². The molecule has 1 unspecified atom stereocenters. The Bertz CT molecular complexity index is 1020. The van der Waals surface area contributed by atoms with Crippen molar-refractivity contribution in [1.29, 1.82) is 0 Å². The normalized spacial score (nSPS) is 15.2. The van der Waals surface area contributed by atoms with Crippen molar-refractivity contribution in [3.05, 3.63) is 78.4 Å². The average Bonchev–Trinajstić information content (AvgIpc) is 3.23. The maximum absolute atomic E-state index is 12.7. The van der Waals surface area contributed by atoms with Crippen molar-refractivity contribution in [3.8, 4) is 11.3 Å². The van der Waals surface area contributed by atoms with E-state index < -0.39 is 0 Å². The zero-order valence-corrected chi connectivity index (χ0v) is 15.3. The molecule has 0 aliphatic carbocycles. The second-order valence-corrected chi connectivity index (χ2v) is 6.58. The number of benzene rings is 2. The van der Waals surface area contributed by atoms with E-state index in [-0.39, 0.29) is 24.3 Å². The quantitative estimate of drug-likeness (QED) is 0.742. The van der Waals surface area contributed by atoms with E-state index in [2.05, 4.69) is 10.3 Å². The summed E-state index contributed by atoms with van der Waals surface area (Å²) in [5, 5.41) is 2.90. The van der Waals surface area contributed by atoms with Gasteiger partial charge < -0.3 is 14.6 Å². The fourth-order valence-electron chi connectivity index (χ4n) is 3.38. The molecule has 1 N–H and O–H groups in total. The minimum atomic E-state index is -0.327. The van der Waals surface area contributed by atoms with Crippen molar-refractivity contribution < 1.29 is 14.0 Å². The van der Waals surface area contributed by atoms with Gasteiger partial charge in [-0.1, -0.05) is 24.3 Å². The van der Waals surface area contributed by atoms with Crippen molar-refractivity contribution in [2.45, 2.75) is 19.4 Å². The summed E-state index contributed by atoms with van der Waals surface area (Å²) >= 11 is 0. The second kappa shape index (κ2) is 7.52. The Kier molecular flexibility index (Phi) is 4.76. The molecule has 0 spiro atoms. The molecule has 2 aromatic carbocycles. The average molecular weight is 373 g/mol. The molecule has 6 nitrogen and oxygen atoms in total. The highest BCUT2D eigenvalue weighted by Crippen LogP contribution is 2.33. The van der Waals surface area contributed by atoms with E-state index in [1.165, 1.54) is 13.3 Å². The van der Waals surface area contributed by atoms with E-state index in [4.69, 9.17) is 4.42 Å². The predicted octanol–water partition coefficient (Wildman–Crippen LogP) is 4.24. The highest BCUT2D eigenvalue weighted by atomic mass is 16.3. The summed E-state index contributed by atoms with van der Waals surface area (Å²) in [4.78, 5) is 30.2. The molecule has 2 heterocycles. The molecule has 0 bridgehead atoms. The zero-order valence-electron chi connectivity index (χ0n) is 15.3. The number of fused-ring (bicyclic) bond motifs is 1. The van der Waals surface area contributed by atoms with Crippen molar-refractivity contribution in [1.82, 2.24) is 9.88 Å². The molecule has 0 radical (unpaired) electrons. The van der Waals surface area contributed by atoms with Crippen LogP contribution in [0.5, 0.6) is 0 Å². The van der Waals surface area contributed by atoms with E-state index in [1.807, 2.05) is 54.6 Å². The standard InChI is InChI=1S/C22H19N3O3/c1-15(26)25-11-10-16-4-2-3-5-19(16)20(25)12-22(27)24-18-8-6-17(7-9-18)21-13-23-14-28-21/h2-11,13-14,20H,12H2,1H3,(H,24,27). The van der Waals surface area contributed by atoms with Gasteiger partial charge in [0.1, 0.15) is 0 Å². The van der Waals surface area contributed by atoms with Crippen LogP contribution in [0.2, 0.25) is 0 Å². The lowest BCUT2D eigenvalue weighted by atomic mass is 9.93. The van der Waals surface area contributed by atoms with E-state index in [0.29, 0.717) is 11.4 Å². The summed E-state index contributed by atoms with van der Waals surface area (Å²) in [5.41, 5.74) is 3.55. The molecular formula is C22H19N3O3. The van der Waals surface area contributed by atoms with Gasteiger partial charge in [-0.2, -0.15) is 0 Å². The van der Waals surface area contributed by atoms with Gasteiger partial charge in [-0.15, -0.1) is 0 Å². The van der Waals surface area contributed by atoms with Gasteiger partial charge in [0.05, 0.1) is 18.7 Å². The number of nitrogens with zero attached hydrogens (tertiary/aromatic N) is 2. The Morgan fingerprint density at radius 3 is 2.64 bits per heavy atom. The van der Waals surface area contributed by atoms with Crippen LogP contribution in [0.15, 0.2) is 71.7 Å². The van der Waals surface area contributed by atoms with E-state index in [1.54, 1.807) is 17.3 Å². The van der Waals surface area contributed by atoms with Gasteiger partial charge in [0.25, 0.3) is 0 Å². The van der Waals surface area contributed by atoms with Gasteiger partial charge in [0.2, 0.25) is 11.8 Å². The smallest absolute Gasteiger partial charge is 0.226 e. The molecule has 0 fully saturated rings. The van der Waals surface area contributed by atoms with Gasteiger partial charge in [-0.05, 0) is 41.5 Å². The lowest BCUT2D eigenvalue weighted by Gasteiger charge is -2.32. The Morgan fingerprint density at radius 2 is 1.93 bits per heavy atom. The highest BCUT2D eigenvalue weighted by Gasteiger charge is 2.28. The third kappa shape index (κ3) is 3.57. The van der Waals surface area contributed by atoms with Crippen LogP contribution in [-0.2, 0) is 9.59 Å². The summed E-state index contributed by atoms with van der Waals surface area (Å²) in [6, 6.07) is 14.8. The second-order valence-electron chi connectivity index (χ2n) is 6.58. The van der Waals surface area contributed by atoms with Gasteiger partial charge in [-0.3, -0.25) is 9.59 Å². The van der Waals surface area contributed by atoms with Crippen LogP contribution < -0.4 is 5.32 Å². The first-order valence-electron chi connectivity index (χ1n) is 8.96. The molecule has 140 valence electrons. The van der Waals surface area contributed by atoms with Crippen LogP contribution in [-0.4, -0.2) is 21.7 Å². The van der Waals surface area contributed by atoms with Crippen molar-refractivity contribution in [2.24, 2.45) is 0 Å². The Morgan fingerprint density at radius 1 is 1.14 bits per heavy atom. The number of rotatable bonds is 4. The highest BCUT2D eigenvalue weighted by molar-refractivity contribution is 5.92. The zero-order chi connectivity index (χ0) is 19.5. The van der Waals surface area contributed by atoms with E-state index in [0.717, 1.165) is 16.7 Å². The van der Waals surface area contributed by atoms with E-state index >= 15 is 0 Å². The predicted molar refractivity (Wildman–Crippen MR) is 106 cm³/mol.